The van der Waals surface area contributed by atoms with Gasteiger partial charge in [-0.25, -0.2) is 4.68 Å². The predicted octanol–water partition coefficient (Wildman–Crippen LogP) is 1.86. The molecule has 0 spiro atoms. The van der Waals surface area contributed by atoms with E-state index >= 15 is 0 Å². The first-order chi connectivity index (χ1) is 11.2. The van der Waals surface area contributed by atoms with E-state index < -0.39 is 0 Å². The van der Waals surface area contributed by atoms with Crippen LogP contribution in [-0.4, -0.2) is 27.5 Å². The summed E-state index contributed by atoms with van der Waals surface area (Å²) in [6.07, 6.45) is 3.59. The Balaban J connectivity index is 1.48. The molecule has 0 aliphatic heterocycles. The van der Waals surface area contributed by atoms with Gasteiger partial charge in [-0.15, -0.1) is 0 Å². The van der Waals surface area contributed by atoms with E-state index in [4.69, 9.17) is 9.26 Å². The Hall–Kier alpha value is -3.09. The molecule has 0 radical (unpaired) electrons. The minimum atomic E-state index is -0.238. The first-order valence-corrected chi connectivity index (χ1v) is 7.12. The topological polar surface area (TPSA) is 82.2 Å². The number of hydrogen-bond donors (Lipinski definition) is 1. The van der Waals surface area contributed by atoms with Crippen LogP contribution < -0.4 is 10.1 Å². The predicted molar refractivity (Wildman–Crippen MR) is 82.1 cm³/mol. The molecule has 118 valence electrons. The fourth-order valence-electron chi connectivity index (χ4n) is 1.98. The number of hydrogen-bond acceptors (Lipinski definition) is 5. The van der Waals surface area contributed by atoms with Crippen LogP contribution in [0, 0.1) is 6.92 Å². The largest absolute Gasteiger partial charge is 0.465 e. The van der Waals surface area contributed by atoms with Gasteiger partial charge in [-0.05, 0) is 24.2 Å². The lowest BCUT2D eigenvalue weighted by Gasteiger charge is -2.03. The maximum Gasteiger partial charge on any atom is 0.258 e. The van der Waals surface area contributed by atoms with Crippen LogP contribution in [-0.2, 0) is 11.3 Å². The third-order valence-corrected chi connectivity index (χ3v) is 3.10. The Kier molecular flexibility index (Phi) is 4.37. The Bertz CT molecular complexity index is 779. The number of benzene rings is 1. The highest BCUT2D eigenvalue weighted by molar-refractivity contribution is 5.77. The van der Waals surface area contributed by atoms with Crippen molar-refractivity contribution in [3.05, 3.63) is 60.1 Å². The second-order valence-electron chi connectivity index (χ2n) is 4.97. The van der Waals surface area contributed by atoms with Crippen LogP contribution >= 0.6 is 0 Å². The lowest BCUT2D eigenvalue weighted by atomic mass is 10.3. The van der Waals surface area contributed by atoms with Gasteiger partial charge in [0, 0.05) is 24.4 Å². The molecule has 0 atom stereocenters. The van der Waals surface area contributed by atoms with Crippen LogP contribution in [0.3, 0.4) is 0 Å². The molecule has 0 bridgehead atoms. The third kappa shape index (κ3) is 3.97. The van der Waals surface area contributed by atoms with E-state index in [2.05, 4.69) is 15.6 Å². The molecule has 0 fully saturated rings. The summed E-state index contributed by atoms with van der Waals surface area (Å²) in [5.74, 6) is 0.696. The molecule has 1 N–H and O–H groups in total. The van der Waals surface area contributed by atoms with E-state index in [1.807, 2.05) is 36.5 Å². The minimum Gasteiger partial charge on any atom is -0.465 e. The molecule has 0 saturated carbocycles. The number of carbonyl (C=O) groups is 1. The van der Waals surface area contributed by atoms with Crippen molar-refractivity contribution in [3.8, 4) is 11.6 Å². The standard InChI is InChI=1S/C16H16N4O3/c1-12-7-16(19-23-12)22-11-15(21)17-8-13-9-18-20(10-13)14-5-3-2-4-6-14/h2-7,9-10H,8,11H2,1H3,(H,17,21). The third-order valence-electron chi connectivity index (χ3n) is 3.10. The van der Waals surface area contributed by atoms with E-state index in [9.17, 15) is 4.79 Å². The average molecular weight is 312 g/mol. The molecular weight excluding hydrogens is 296 g/mol. The molecule has 1 amide bonds. The zero-order valence-electron chi connectivity index (χ0n) is 12.6. The maximum absolute atomic E-state index is 11.8. The highest BCUT2D eigenvalue weighted by Gasteiger charge is 2.07. The number of amides is 1. The normalized spacial score (nSPS) is 10.5. The van der Waals surface area contributed by atoms with Crippen molar-refractivity contribution in [2.75, 3.05) is 6.61 Å². The van der Waals surface area contributed by atoms with Gasteiger partial charge in [0.25, 0.3) is 11.8 Å². The van der Waals surface area contributed by atoms with E-state index in [1.165, 1.54) is 0 Å². The smallest absolute Gasteiger partial charge is 0.258 e. The van der Waals surface area contributed by atoms with Gasteiger partial charge in [0.1, 0.15) is 5.76 Å². The number of nitrogens with one attached hydrogen (secondary N) is 1. The van der Waals surface area contributed by atoms with Crippen molar-refractivity contribution >= 4 is 5.91 Å². The van der Waals surface area contributed by atoms with Gasteiger partial charge in [0.15, 0.2) is 6.61 Å². The average Bonchev–Trinajstić information content (AvgIpc) is 3.21. The van der Waals surface area contributed by atoms with Crippen LogP contribution in [0.15, 0.2) is 53.3 Å². The summed E-state index contributed by atoms with van der Waals surface area (Å²) in [6.45, 7) is 2.02. The van der Waals surface area contributed by atoms with Gasteiger partial charge in [-0.1, -0.05) is 18.2 Å². The van der Waals surface area contributed by atoms with Gasteiger partial charge in [0.05, 0.1) is 11.9 Å². The molecule has 7 nitrogen and oxygen atoms in total. The Morgan fingerprint density at radius 3 is 2.91 bits per heavy atom. The summed E-state index contributed by atoms with van der Waals surface area (Å²) >= 11 is 0. The summed E-state index contributed by atoms with van der Waals surface area (Å²) in [5.41, 5.74) is 1.87. The highest BCUT2D eigenvalue weighted by atomic mass is 16.5. The van der Waals surface area contributed by atoms with Crippen LogP contribution in [0.25, 0.3) is 5.69 Å². The van der Waals surface area contributed by atoms with Gasteiger partial charge in [-0.2, -0.15) is 5.10 Å². The number of aromatic nitrogens is 3. The summed E-state index contributed by atoms with van der Waals surface area (Å²) < 4.78 is 11.8. The van der Waals surface area contributed by atoms with Crippen molar-refractivity contribution in [3.63, 3.8) is 0 Å². The first kappa shape index (κ1) is 14.8. The molecule has 23 heavy (non-hydrogen) atoms. The van der Waals surface area contributed by atoms with Crippen LogP contribution in [0.2, 0.25) is 0 Å². The molecule has 2 heterocycles. The number of nitrogens with zero attached hydrogens (tertiary/aromatic N) is 3. The number of rotatable bonds is 6. The van der Waals surface area contributed by atoms with Gasteiger partial charge in [0.2, 0.25) is 0 Å². The Morgan fingerprint density at radius 1 is 1.35 bits per heavy atom. The number of aryl methyl sites for hydroxylation is 1. The van der Waals surface area contributed by atoms with E-state index in [0.29, 0.717) is 18.2 Å². The van der Waals surface area contributed by atoms with Gasteiger partial charge < -0.3 is 14.6 Å². The molecule has 0 aliphatic carbocycles. The molecule has 0 saturated heterocycles. The first-order valence-electron chi connectivity index (χ1n) is 7.12. The number of carbonyl (C=O) groups excluding carboxylic acids is 1. The van der Waals surface area contributed by atoms with Gasteiger partial charge >= 0.3 is 0 Å². The lowest BCUT2D eigenvalue weighted by molar-refractivity contribution is -0.123. The second-order valence-corrected chi connectivity index (χ2v) is 4.97. The van der Waals surface area contributed by atoms with Crippen molar-refractivity contribution in [2.24, 2.45) is 0 Å². The van der Waals surface area contributed by atoms with Crippen molar-refractivity contribution in [1.29, 1.82) is 0 Å². The van der Waals surface area contributed by atoms with Crippen molar-refractivity contribution < 1.29 is 14.1 Å². The molecule has 1 aromatic carbocycles. The van der Waals surface area contributed by atoms with Crippen LogP contribution in [0.5, 0.6) is 5.88 Å². The van der Waals surface area contributed by atoms with Crippen LogP contribution in [0.4, 0.5) is 0 Å². The maximum atomic E-state index is 11.8. The molecule has 7 heteroatoms. The number of ether oxygens (including phenoxy) is 1. The number of para-hydroxylation sites is 1. The molecule has 0 unspecified atom stereocenters. The Morgan fingerprint density at radius 2 is 2.17 bits per heavy atom. The van der Waals surface area contributed by atoms with E-state index in [-0.39, 0.29) is 12.5 Å². The zero-order valence-corrected chi connectivity index (χ0v) is 12.6. The molecule has 2 aromatic heterocycles. The van der Waals surface area contributed by atoms with Crippen molar-refractivity contribution in [1.82, 2.24) is 20.3 Å². The fourth-order valence-corrected chi connectivity index (χ4v) is 1.98. The zero-order chi connectivity index (χ0) is 16.1. The SMILES string of the molecule is Cc1cc(OCC(=O)NCc2cnn(-c3ccccc3)c2)no1. The monoisotopic (exact) mass is 312 g/mol. The minimum absolute atomic E-state index is 0.112. The fraction of sp³-hybridized carbons (Fsp3) is 0.188. The van der Waals surface area contributed by atoms with E-state index in [1.54, 1.807) is 23.9 Å². The summed E-state index contributed by atoms with van der Waals surface area (Å²) in [4.78, 5) is 11.8. The van der Waals surface area contributed by atoms with E-state index in [0.717, 1.165) is 11.3 Å². The molecular formula is C16H16N4O3. The summed E-state index contributed by atoms with van der Waals surface area (Å²) in [7, 11) is 0. The highest BCUT2D eigenvalue weighted by Crippen LogP contribution is 2.09. The molecule has 3 aromatic rings. The van der Waals surface area contributed by atoms with Crippen molar-refractivity contribution in [2.45, 2.75) is 13.5 Å². The second kappa shape index (κ2) is 6.78. The van der Waals surface area contributed by atoms with Crippen LogP contribution in [0.1, 0.15) is 11.3 Å². The lowest BCUT2D eigenvalue weighted by Crippen LogP contribution is -2.28. The Labute approximate surface area is 132 Å². The summed E-state index contributed by atoms with van der Waals surface area (Å²) in [5, 5.41) is 10.7. The van der Waals surface area contributed by atoms with Gasteiger partial charge in [-0.3, -0.25) is 4.79 Å². The molecule has 3 rings (SSSR count). The quantitative estimate of drug-likeness (QED) is 0.751. The molecule has 0 aliphatic rings. The summed E-state index contributed by atoms with van der Waals surface area (Å²) in [6, 6.07) is 11.4.